The molecule has 1 saturated heterocycles. The lowest BCUT2D eigenvalue weighted by Crippen LogP contribution is -2.46. The van der Waals surface area contributed by atoms with E-state index < -0.39 is 5.60 Å². The number of ether oxygens (including phenoxy) is 1. The Morgan fingerprint density at radius 1 is 1.47 bits per heavy atom. The zero-order valence-electron chi connectivity index (χ0n) is 9.66. The van der Waals surface area contributed by atoms with Crippen LogP contribution in [0.2, 0.25) is 0 Å². The fraction of sp³-hybridized carbons (Fsp3) is 0.900. The van der Waals surface area contributed by atoms with Gasteiger partial charge in [0, 0.05) is 6.54 Å². The minimum absolute atomic E-state index is 0.0636. The summed E-state index contributed by atoms with van der Waals surface area (Å²) < 4.78 is 5.26. The number of nitrogens with zero attached hydrogens (tertiary/aromatic N) is 1. The Hall–Kier alpha value is -0.810. The summed E-state index contributed by atoms with van der Waals surface area (Å²) in [5, 5.41) is 0. The number of nitrogens with two attached hydrogens (primary N) is 1. The minimum atomic E-state index is -0.451. The van der Waals surface area contributed by atoms with Crippen molar-refractivity contribution >= 4 is 6.09 Å². The van der Waals surface area contributed by atoms with Crippen molar-refractivity contribution in [2.45, 2.75) is 45.3 Å². The Morgan fingerprint density at radius 2 is 2.13 bits per heavy atom. The number of rotatable bonds is 1. The van der Waals surface area contributed by atoms with Gasteiger partial charge in [0.2, 0.25) is 0 Å². The highest BCUT2D eigenvalue weighted by Crippen LogP contribution is 2.16. The molecule has 5 heteroatoms. The van der Waals surface area contributed by atoms with Crippen LogP contribution in [0.25, 0.3) is 0 Å². The van der Waals surface area contributed by atoms with Gasteiger partial charge in [-0.15, -0.1) is 0 Å². The van der Waals surface area contributed by atoms with Crippen molar-refractivity contribution in [2.75, 3.05) is 13.1 Å². The molecule has 0 spiro atoms. The van der Waals surface area contributed by atoms with E-state index in [1.165, 1.54) is 0 Å². The van der Waals surface area contributed by atoms with Gasteiger partial charge in [0.25, 0.3) is 0 Å². The normalized spacial score (nSPS) is 22.7. The predicted molar refractivity (Wildman–Crippen MR) is 56.1 cm³/mol. The molecule has 1 aliphatic heterocycles. The molecule has 5 nitrogen and oxygen atoms in total. The van der Waals surface area contributed by atoms with Gasteiger partial charge in [0.05, 0.1) is 12.6 Å². The molecular formula is C10H20N2O3. The summed E-state index contributed by atoms with van der Waals surface area (Å²) in [5.41, 5.74) is -0.451. The van der Waals surface area contributed by atoms with Gasteiger partial charge in [0.1, 0.15) is 5.60 Å². The average Bonchev–Trinajstić information content (AvgIpc) is 2.15. The van der Waals surface area contributed by atoms with Crippen LogP contribution in [0.3, 0.4) is 0 Å². The molecule has 15 heavy (non-hydrogen) atoms. The van der Waals surface area contributed by atoms with Crippen molar-refractivity contribution in [3.8, 4) is 0 Å². The summed E-state index contributed by atoms with van der Waals surface area (Å²) in [4.78, 5) is 18.1. The van der Waals surface area contributed by atoms with E-state index in [0.29, 0.717) is 6.54 Å². The number of likely N-dealkylation sites (tertiary alicyclic amines) is 1. The Labute approximate surface area is 90.5 Å². The lowest BCUT2D eigenvalue weighted by molar-refractivity contribution is -0.0209. The molecule has 0 radical (unpaired) electrons. The van der Waals surface area contributed by atoms with Crippen molar-refractivity contribution in [3.05, 3.63) is 0 Å². The zero-order valence-corrected chi connectivity index (χ0v) is 9.66. The van der Waals surface area contributed by atoms with Crippen molar-refractivity contribution in [3.63, 3.8) is 0 Å². The molecule has 0 aromatic heterocycles. The van der Waals surface area contributed by atoms with Crippen LogP contribution in [0.1, 0.15) is 33.6 Å². The van der Waals surface area contributed by atoms with Crippen LogP contribution in [0.4, 0.5) is 4.79 Å². The topological polar surface area (TPSA) is 64.8 Å². The van der Waals surface area contributed by atoms with E-state index >= 15 is 0 Å². The van der Waals surface area contributed by atoms with Crippen molar-refractivity contribution in [2.24, 2.45) is 5.90 Å². The first-order chi connectivity index (χ1) is 6.92. The van der Waals surface area contributed by atoms with Gasteiger partial charge >= 0.3 is 6.09 Å². The molecule has 1 atom stereocenters. The van der Waals surface area contributed by atoms with Crippen LogP contribution in [0.15, 0.2) is 0 Å². The molecule has 2 N–H and O–H groups in total. The summed E-state index contributed by atoms with van der Waals surface area (Å²) in [6, 6.07) is 0. The molecule has 0 aromatic rings. The first-order valence-corrected chi connectivity index (χ1v) is 5.26. The lowest BCUT2D eigenvalue weighted by Gasteiger charge is -2.33. The standard InChI is InChI=1S/C10H20N2O3/c1-10(2,3)14-9(13)12-6-4-5-8(7-12)15-11/h8H,4-7,11H2,1-3H3/t8-/m0/s1. The molecule has 1 rings (SSSR count). The first kappa shape index (κ1) is 12.3. The molecule has 1 amide bonds. The van der Waals surface area contributed by atoms with Gasteiger partial charge < -0.3 is 9.64 Å². The van der Waals surface area contributed by atoms with Crippen LogP contribution in [-0.2, 0) is 9.57 Å². The molecule has 0 bridgehead atoms. The number of amides is 1. The zero-order chi connectivity index (χ0) is 11.5. The van der Waals surface area contributed by atoms with Gasteiger partial charge in [-0.1, -0.05) is 0 Å². The van der Waals surface area contributed by atoms with Crippen LogP contribution in [0, 0.1) is 0 Å². The van der Waals surface area contributed by atoms with E-state index in [1.54, 1.807) is 4.90 Å². The molecule has 0 unspecified atom stereocenters. The monoisotopic (exact) mass is 216 g/mol. The van der Waals surface area contributed by atoms with Gasteiger partial charge in [-0.25, -0.2) is 10.7 Å². The quantitative estimate of drug-likeness (QED) is 0.670. The molecule has 0 saturated carbocycles. The molecule has 1 fully saturated rings. The number of carbonyl (C=O) groups excluding carboxylic acids is 1. The predicted octanol–water partition coefficient (Wildman–Crippen LogP) is 1.28. The maximum Gasteiger partial charge on any atom is 0.410 e. The van der Waals surface area contributed by atoms with E-state index in [1.807, 2.05) is 20.8 Å². The summed E-state index contributed by atoms with van der Waals surface area (Å²) in [7, 11) is 0. The molecular weight excluding hydrogens is 196 g/mol. The highest BCUT2D eigenvalue weighted by Gasteiger charge is 2.27. The van der Waals surface area contributed by atoms with E-state index in [0.717, 1.165) is 19.4 Å². The van der Waals surface area contributed by atoms with E-state index in [9.17, 15) is 4.79 Å². The number of hydrogen-bond donors (Lipinski definition) is 1. The third kappa shape index (κ3) is 4.05. The third-order valence-electron chi connectivity index (χ3n) is 2.22. The first-order valence-electron chi connectivity index (χ1n) is 5.26. The number of hydrogen-bond acceptors (Lipinski definition) is 4. The Morgan fingerprint density at radius 3 is 2.67 bits per heavy atom. The van der Waals surface area contributed by atoms with Crippen LogP contribution in [-0.4, -0.2) is 35.8 Å². The minimum Gasteiger partial charge on any atom is -0.444 e. The summed E-state index contributed by atoms with van der Waals surface area (Å²) in [6.45, 7) is 6.80. The number of piperidine rings is 1. The Kier molecular flexibility index (Phi) is 3.93. The largest absolute Gasteiger partial charge is 0.444 e. The second kappa shape index (κ2) is 4.81. The van der Waals surface area contributed by atoms with E-state index in [2.05, 4.69) is 0 Å². The summed E-state index contributed by atoms with van der Waals surface area (Å²) in [5.74, 6) is 5.11. The van der Waals surface area contributed by atoms with Crippen LogP contribution < -0.4 is 5.90 Å². The maximum absolute atomic E-state index is 11.7. The SMILES string of the molecule is CC(C)(C)OC(=O)N1CCC[C@H](ON)C1. The van der Waals surface area contributed by atoms with Crippen molar-refractivity contribution in [1.29, 1.82) is 0 Å². The van der Waals surface area contributed by atoms with Gasteiger partial charge in [-0.05, 0) is 33.6 Å². The highest BCUT2D eigenvalue weighted by molar-refractivity contribution is 5.68. The molecule has 1 aliphatic rings. The molecule has 88 valence electrons. The van der Waals surface area contributed by atoms with Crippen LogP contribution in [0.5, 0.6) is 0 Å². The second-order valence-corrected chi connectivity index (χ2v) is 4.83. The Bertz CT molecular complexity index is 225. The van der Waals surface area contributed by atoms with Crippen molar-refractivity contribution in [1.82, 2.24) is 4.90 Å². The Balaban J connectivity index is 2.45. The van der Waals surface area contributed by atoms with Gasteiger partial charge in [-0.3, -0.25) is 4.84 Å². The third-order valence-corrected chi connectivity index (χ3v) is 2.22. The summed E-state index contributed by atoms with van der Waals surface area (Å²) in [6.07, 6.45) is 1.45. The molecule has 0 aliphatic carbocycles. The highest BCUT2D eigenvalue weighted by atomic mass is 16.6. The van der Waals surface area contributed by atoms with E-state index in [-0.39, 0.29) is 12.2 Å². The van der Waals surface area contributed by atoms with E-state index in [4.69, 9.17) is 15.5 Å². The average molecular weight is 216 g/mol. The number of carbonyl (C=O) groups is 1. The maximum atomic E-state index is 11.7. The molecule has 1 heterocycles. The van der Waals surface area contributed by atoms with Crippen LogP contribution >= 0.6 is 0 Å². The molecule has 0 aromatic carbocycles. The summed E-state index contributed by atoms with van der Waals surface area (Å²) >= 11 is 0. The second-order valence-electron chi connectivity index (χ2n) is 4.83. The van der Waals surface area contributed by atoms with Crippen molar-refractivity contribution < 1.29 is 14.4 Å². The van der Waals surface area contributed by atoms with Gasteiger partial charge in [0.15, 0.2) is 0 Å². The van der Waals surface area contributed by atoms with Gasteiger partial charge in [-0.2, -0.15) is 0 Å². The lowest BCUT2D eigenvalue weighted by atomic mass is 10.1. The fourth-order valence-corrected chi connectivity index (χ4v) is 1.54. The smallest absolute Gasteiger partial charge is 0.410 e. The fourth-order valence-electron chi connectivity index (χ4n) is 1.54.